The Labute approximate surface area is 164 Å². The summed E-state index contributed by atoms with van der Waals surface area (Å²) in [4.78, 5) is 13.6. The summed E-state index contributed by atoms with van der Waals surface area (Å²) in [6.07, 6.45) is 2.59. The first-order chi connectivity index (χ1) is 13.8. The molecule has 2 aromatic heterocycles. The molecule has 0 atom stereocenters. The Morgan fingerprint density at radius 3 is 2.36 bits per heavy atom. The van der Waals surface area contributed by atoms with E-state index in [0.717, 1.165) is 30.8 Å². The highest BCUT2D eigenvalue weighted by Crippen LogP contribution is 2.25. The Balaban J connectivity index is 1.58. The van der Waals surface area contributed by atoms with Gasteiger partial charge in [0, 0.05) is 12.1 Å². The zero-order valence-corrected chi connectivity index (χ0v) is 15.9. The molecule has 6 heteroatoms. The Morgan fingerprint density at radius 1 is 0.929 bits per heavy atom. The lowest BCUT2D eigenvalue weighted by molar-refractivity contribution is 0.288. The van der Waals surface area contributed by atoms with E-state index >= 15 is 0 Å². The van der Waals surface area contributed by atoms with Gasteiger partial charge in [-0.2, -0.15) is 9.97 Å². The third kappa shape index (κ3) is 3.67. The van der Waals surface area contributed by atoms with E-state index in [1.807, 2.05) is 53.1 Å². The van der Waals surface area contributed by atoms with Gasteiger partial charge in [-0.15, -0.1) is 0 Å². The minimum absolute atomic E-state index is 0.290. The molecular weight excluding hydrogens is 350 g/mol. The van der Waals surface area contributed by atoms with E-state index in [2.05, 4.69) is 34.0 Å². The average molecular weight is 373 g/mol. The van der Waals surface area contributed by atoms with Crippen molar-refractivity contribution in [1.29, 1.82) is 0 Å². The summed E-state index contributed by atoms with van der Waals surface area (Å²) in [5.74, 6) is 1.23. The molecule has 0 aliphatic carbocycles. The quantitative estimate of drug-likeness (QED) is 0.496. The number of hydrogen-bond acceptors (Lipinski definition) is 5. The molecule has 0 spiro atoms. The van der Waals surface area contributed by atoms with Gasteiger partial charge in [-0.05, 0) is 30.5 Å². The van der Waals surface area contributed by atoms with Gasteiger partial charge in [0.15, 0.2) is 17.0 Å². The number of para-hydroxylation sites is 1. The van der Waals surface area contributed by atoms with E-state index in [9.17, 15) is 0 Å². The maximum atomic E-state index is 6.16. The molecule has 2 heterocycles. The smallest absolute Gasteiger partial charge is 0.320 e. The fourth-order valence-corrected chi connectivity index (χ4v) is 3.24. The van der Waals surface area contributed by atoms with Gasteiger partial charge in [-0.1, -0.05) is 55.5 Å². The fraction of sp³-hybridized carbons (Fsp3) is 0.227. The molecular formula is C22H23N5O. The van der Waals surface area contributed by atoms with Gasteiger partial charge < -0.3 is 10.5 Å². The lowest BCUT2D eigenvalue weighted by Gasteiger charge is -2.09. The molecule has 4 aromatic rings. The van der Waals surface area contributed by atoms with E-state index in [4.69, 9.17) is 10.5 Å². The van der Waals surface area contributed by atoms with Gasteiger partial charge >= 0.3 is 6.01 Å². The Kier molecular flexibility index (Phi) is 5.19. The predicted octanol–water partition coefficient (Wildman–Crippen LogP) is 3.97. The molecule has 0 aliphatic rings. The first-order valence-electron chi connectivity index (χ1n) is 9.53. The molecule has 0 radical (unpaired) electrons. The summed E-state index contributed by atoms with van der Waals surface area (Å²) in [5.41, 5.74) is 9.73. The van der Waals surface area contributed by atoms with Gasteiger partial charge in [0.25, 0.3) is 0 Å². The molecule has 0 aliphatic heterocycles. The number of ether oxygens (including phenoxy) is 1. The highest BCUT2D eigenvalue weighted by molar-refractivity contribution is 5.84. The van der Waals surface area contributed by atoms with Crippen molar-refractivity contribution in [2.45, 2.75) is 26.2 Å². The maximum Gasteiger partial charge on any atom is 0.320 e. The summed E-state index contributed by atoms with van der Waals surface area (Å²) < 4.78 is 7.83. The SMILES string of the molecule is CCc1nc2c(N)nc(OCCCc3ccccc3)nc2n1-c1ccccc1. The van der Waals surface area contributed by atoms with Crippen LogP contribution in [0.5, 0.6) is 6.01 Å². The van der Waals surface area contributed by atoms with Crippen LogP contribution in [0.25, 0.3) is 16.9 Å². The standard InChI is InChI=1S/C22H23N5O/c1-2-18-24-19-20(23)25-22(28-15-9-12-16-10-5-3-6-11-16)26-21(19)27(18)17-13-7-4-8-14-17/h3-8,10-11,13-14H,2,9,12,15H2,1H3,(H2,23,25,26). The Bertz CT molecular complexity index is 1060. The first kappa shape index (κ1) is 18.0. The predicted molar refractivity (Wildman–Crippen MR) is 111 cm³/mol. The topological polar surface area (TPSA) is 78.8 Å². The highest BCUT2D eigenvalue weighted by Gasteiger charge is 2.17. The van der Waals surface area contributed by atoms with Crippen LogP contribution in [-0.4, -0.2) is 26.1 Å². The van der Waals surface area contributed by atoms with Crippen LogP contribution in [0.2, 0.25) is 0 Å². The molecule has 0 unspecified atom stereocenters. The van der Waals surface area contributed by atoms with Gasteiger partial charge in [-0.3, -0.25) is 4.57 Å². The van der Waals surface area contributed by atoms with Crippen molar-refractivity contribution in [1.82, 2.24) is 19.5 Å². The van der Waals surface area contributed by atoms with Crippen molar-refractivity contribution in [3.05, 3.63) is 72.1 Å². The minimum Gasteiger partial charge on any atom is -0.463 e. The number of hydrogen-bond donors (Lipinski definition) is 1. The number of rotatable bonds is 7. The second-order valence-corrected chi connectivity index (χ2v) is 6.55. The number of aryl methyl sites for hydroxylation is 2. The molecule has 2 N–H and O–H groups in total. The lowest BCUT2D eigenvalue weighted by Crippen LogP contribution is -2.06. The Morgan fingerprint density at radius 2 is 1.64 bits per heavy atom. The molecule has 0 amide bonds. The summed E-state index contributed by atoms with van der Waals surface area (Å²) in [6.45, 7) is 2.59. The summed E-state index contributed by atoms with van der Waals surface area (Å²) in [7, 11) is 0. The number of nitrogen functional groups attached to an aromatic ring is 1. The molecule has 0 bridgehead atoms. The van der Waals surface area contributed by atoms with Gasteiger partial charge in [0.1, 0.15) is 5.82 Å². The molecule has 0 saturated heterocycles. The van der Waals surface area contributed by atoms with E-state index in [-0.39, 0.29) is 6.01 Å². The number of nitrogens with two attached hydrogens (primary N) is 1. The first-order valence-corrected chi connectivity index (χ1v) is 9.53. The molecule has 142 valence electrons. The van der Waals surface area contributed by atoms with E-state index in [1.165, 1.54) is 5.56 Å². The molecule has 2 aromatic carbocycles. The van der Waals surface area contributed by atoms with Crippen molar-refractivity contribution in [2.75, 3.05) is 12.3 Å². The lowest BCUT2D eigenvalue weighted by atomic mass is 10.1. The van der Waals surface area contributed by atoms with Gasteiger partial charge in [0.05, 0.1) is 6.61 Å². The van der Waals surface area contributed by atoms with E-state index in [0.29, 0.717) is 23.6 Å². The van der Waals surface area contributed by atoms with Crippen LogP contribution in [0.4, 0.5) is 5.82 Å². The fourth-order valence-electron chi connectivity index (χ4n) is 3.24. The molecule has 6 nitrogen and oxygen atoms in total. The number of nitrogens with zero attached hydrogens (tertiary/aromatic N) is 4. The minimum atomic E-state index is 0.290. The van der Waals surface area contributed by atoms with Gasteiger partial charge in [-0.25, -0.2) is 4.98 Å². The Hall–Kier alpha value is -3.41. The monoisotopic (exact) mass is 373 g/mol. The number of benzene rings is 2. The normalized spacial score (nSPS) is 11.0. The number of imidazole rings is 1. The average Bonchev–Trinajstić information content (AvgIpc) is 3.12. The van der Waals surface area contributed by atoms with Gasteiger partial charge in [0.2, 0.25) is 0 Å². The second kappa shape index (κ2) is 8.08. The second-order valence-electron chi connectivity index (χ2n) is 6.55. The third-order valence-electron chi connectivity index (χ3n) is 4.60. The van der Waals surface area contributed by atoms with Crippen LogP contribution in [-0.2, 0) is 12.8 Å². The zero-order chi connectivity index (χ0) is 19.3. The molecule has 28 heavy (non-hydrogen) atoms. The zero-order valence-electron chi connectivity index (χ0n) is 15.9. The van der Waals surface area contributed by atoms with Crippen LogP contribution in [0.15, 0.2) is 60.7 Å². The molecule has 0 saturated carbocycles. The van der Waals surface area contributed by atoms with Crippen LogP contribution in [0.3, 0.4) is 0 Å². The molecule has 4 rings (SSSR count). The van der Waals surface area contributed by atoms with E-state index in [1.54, 1.807) is 0 Å². The third-order valence-corrected chi connectivity index (χ3v) is 4.60. The van der Waals surface area contributed by atoms with Crippen molar-refractivity contribution >= 4 is 17.0 Å². The maximum absolute atomic E-state index is 6.16. The van der Waals surface area contributed by atoms with Crippen molar-refractivity contribution in [3.8, 4) is 11.7 Å². The highest BCUT2D eigenvalue weighted by atomic mass is 16.5. The van der Waals surface area contributed by atoms with Crippen molar-refractivity contribution in [3.63, 3.8) is 0 Å². The summed E-state index contributed by atoms with van der Waals surface area (Å²) in [6, 6.07) is 20.7. The van der Waals surface area contributed by atoms with Crippen LogP contribution < -0.4 is 10.5 Å². The van der Waals surface area contributed by atoms with Crippen LogP contribution >= 0.6 is 0 Å². The number of anilines is 1. The largest absolute Gasteiger partial charge is 0.463 e. The molecule has 0 fully saturated rings. The van der Waals surface area contributed by atoms with Crippen molar-refractivity contribution < 1.29 is 4.74 Å². The van der Waals surface area contributed by atoms with E-state index < -0.39 is 0 Å². The van der Waals surface area contributed by atoms with Crippen LogP contribution in [0.1, 0.15) is 24.7 Å². The summed E-state index contributed by atoms with van der Waals surface area (Å²) in [5, 5.41) is 0. The number of fused-ring (bicyclic) bond motifs is 1. The number of aromatic nitrogens is 4. The van der Waals surface area contributed by atoms with Crippen LogP contribution in [0, 0.1) is 0 Å². The summed E-state index contributed by atoms with van der Waals surface area (Å²) >= 11 is 0. The van der Waals surface area contributed by atoms with Crippen molar-refractivity contribution in [2.24, 2.45) is 0 Å².